The molecule has 1 fully saturated rings. The Morgan fingerprint density at radius 3 is 1.94 bits per heavy atom. The molecule has 0 radical (unpaired) electrons. The van der Waals surface area contributed by atoms with Crippen LogP contribution in [-0.2, 0) is 19.9 Å². The van der Waals surface area contributed by atoms with E-state index < -0.39 is 19.9 Å². The van der Waals surface area contributed by atoms with Crippen LogP contribution in [0.25, 0.3) is 0 Å². The van der Waals surface area contributed by atoms with Crippen LogP contribution in [0.2, 0.25) is 0 Å². The average Bonchev–Trinajstić information content (AvgIpc) is 2.15. The Balaban J connectivity index is 2.46. The summed E-state index contributed by atoms with van der Waals surface area (Å²) in [7, 11) is -4.41. The van der Waals surface area contributed by atoms with Crippen molar-refractivity contribution in [3.63, 3.8) is 0 Å². The number of hydrogen-bond donors (Lipinski definition) is 0. The first-order valence-corrected chi connectivity index (χ1v) is 9.22. The second kappa shape index (κ2) is 5.64. The van der Waals surface area contributed by atoms with Crippen LogP contribution in [-0.4, -0.2) is 77.0 Å². The molecule has 102 valence electrons. The lowest BCUT2D eigenvalue weighted by Crippen LogP contribution is -2.47. The molecule has 8 heteroatoms. The predicted octanol–water partition coefficient (Wildman–Crippen LogP) is -1.00. The van der Waals surface area contributed by atoms with Crippen molar-refractivity contribution in [2.75, 3.05) is 51.0 Å². The highest BCUT2D eigenvalue weighted by atomic mass is 32.2. The van der Waals surface area contributed by atoms with Gasteiger partial charge >= 0.3 is 0 Å². The van der Waals surface area contributed by atoms with Crippen LogP contribution in [0.4, 0.5) is 0 Å². The molecular weight excluding hydrogens is 264 g/mol. The summed E-state index contributed by atoms with van der Waals surface area (Å²) in [5, 5.41) is 0. The summed E-state index contributed by atoms with van der Waals surface area (Å²) >= 11 is 0. The number of sulfonamides is 1. The van der Waals surface area contributed by atoms with Crippen molar-refractivity contribution in [3.8, 4) is 0 Å². The van der Waals surface area contributed by atoms with Crippen LogP contribution in [0.5, 0.6) is 0 Å². The highest BCUT2D eigenvalue weighted by Crippen LogP contribution is 2.08. The standard InChI is InChI=1S/C9H20N2O4S2/c1-10-4-6-11(7-5-10)17(14,15)9-3-8-16(2,12)13/h3-9H2,1-2H3. The summed E-state index contributed by atoms with van der Waals surface area (Å²) in [6, 6.07) is 0. The Labute approximate surface area is 104 Å². The van der Waals surface area contributed by atoms with Crippen molar-refractivity contribution >= 4 is 19.9 Å². The van der Waals surface area contributed by atoms with Crippen LogP contribution in [0, 0.1) is 0 Å². The van der Waals surface area contributed by atoms with Gasteiger partial charge in [0.1, 0.15) is 9.84 Å². The molecule has 0 unspecified atom stereocenters. The number of piperazine rings is 1. The third-order valence-electron chi connectivity index (χ3n) is 2.77. The number of hydrogen-bond acceptors (Lipinski definition) is 5. The topological polar surface area (TPSA) is 74.8 Å². The van der Waals surface area contributed by atoms with Gasteiger partial charge in [0.2, 0.25) is 10.0 Å². The van der Waals surface area contributed by atoms with Gasteiger partial charge in [-0.1, -0.05) is 0 Å². The molecule has 0 aromatic carbocycles. The molecular formula is C9H20N2O4S2. The van der Waals surface area contributed by atoms with Gasteiger partial charge in [-0.25, -0.2) is 16.8 Å². The fraction of sp³-hybridized carbons (Fsp3) is 1.00. The summed E-state index contributed by atoms with van der Waals surface area (Å²) in [4.78, 5) is 2.07. The van der Waals surface area contributed by atoms with Crippen LogP contribution < -0.4 is 0 Å². The molecule has 0 bridgehead atoms. The summed E-state index contributed by atoms with van der Waals surface area (Å²) in [6.45, 7) is 2.45. The van der Waals surface area contributed by atoms with Gasteiger partial charge in [0.15, 0.2) is 0 Å². The first kappa shape index (κ1) is 14.9. The zero-order valence-corrected chi connectivity index (χ0v) is 11.9. The molecule has 0 aromatic heterocycles. The van der Waals surface area contributed by atoms with E-state index in [0.717, 1.165) is 19.3 Å². The van der Waals surface area contributed by atoms with E-state index in [1.165, 1.54) is 4.31 Å². The summed E-state index contributed by atoms with van der Waals surface area (Å²) in [5.74, 6) is -0.149. The predicted molar refractivity (Wildman–Crippen MR) is 67.2 cm³/mol. The quantitative estimate of drug-likeness (QED) is 0.647. The molecule has 1 aliphatic rings. The van der Waals surface area contributed by atoms with E-state index >= 15 is 0 Å². The SMILES string of the molecule is CN1CCN(S(=O)(=O)CCCS(C)(=O)=O)CC1. The Bertz CT molecular complexity index is 436. The number of rotatable bonds is 5. The lowest BCUT2D eigenvalue weighted by molar-refractivity contribution is 0.222. The third kappa shape index (κ3) is 5.33. The zero-order chi connectivity index (χ0) is 13.1. The molecule has 0 saturated carbocycles. The molecule has 0 spiro atoms. The van der Waals surface area contributed by atoms with Gasteiger partial charge in [-0.3, -0.25) is 0 Å². The van der Waals surface area contributed by atoms with E-state index in [1.54, 1.807) is 0 Å². The van der Waals surface area contributed by atoms with Gasteiger partial charge in [0.05, 0.1) is 11.5 Å². The molecule has 0 aliphatic carbocycles. The molecule has 1 rings (SSSR count). The summed E-state index contributed by atoms with van der Waals surface area (Å²) < 4.78 is 47.1. The number of sulfone groups is 1. The molecule has 6 nitrogen and oxygen atoms in total. The smallest absolute Gasteiger partial charge is 0.214 e. The van der Waals surface area contributed by atoms with E-state index in [9.17, 15) is 16.8 Å². The molecule has 1 aliphatic heterocycles. The lowest BCUT2D eigenvalue weighted by Gasteiger charge is -2.31. The van der Waals surface area contributed by atoms with Crippen LogP contribution in [0.3, 0.4) is 0 Å². The van der Waals surface area contributed by atoms with Crippen molar-refractivity contribution in [3.05, 3.63) is 0 Å². The second-order valence-electron chi connectivity index (χ2n) is 4.50. The first-order valence-electron chi connectivity index (χ1n) is 5.55. The number of nitrogens with zero attached hydrogens (tertiary/aromatic N) is 2. The normalized spacial score (nSPS) is 20.6. The van der Waals surface area contributed by atoms with Crippen molar-refractivity contribution in [2.45, 2.75) is 6.42 Å². The monoisotopic (exact) mass is 284 g/mol. The van der Waals surface area contributed by atoms with E-state index in [1.807, 2.05) is 7.05 Å². The van der Waals surface area contributed by atoms with Crippen LogP contribution >= 0.6 is 0 Å². The third-order valence-corrected chi connectivity index (χ3v) is 5.76. The largest absolute Gasteiger partial charge is 0.304 e. The molecule has 0 N–H and O–H groups in total. The number of likely N-dealkylation sites (N-methyl/N-ethyl adjacent to an activating group) is 1. The Kier molecular flexibility index (Phi) is 4.94. The van der Waals surface area contributed by atoms with Crippen molar-refractivity contribution < 1.29 is 16.8 Å². The van der Waals surface area contributed by atoms with Crippen molar-refractivity contribution in [1.29, 1.82) is 0 Å². The molecule has 0 atom stereocenters. The van der Waals surface area contributed by atoms with E-state index in [4.69, 9.17) is 0 Å². The molecule has 17 heavy (non-hydrogen) atoms. The lowest BCUT2D eigenvalue weighted by atomic mass is 10.4. The Morgan fingerprint density at radius 1 is 0.941 bits per heavy atom. The minimum atomic E-state index is -3.29. The van der Waals surface area contributed by atoms with Gasteiger partial charge in [0, 0.05) is 32.4 Å². The van der Waals surface area contributed by atoms with E-state index in [2.05, 4.69) is 4.90 Å². The fourth-order valence-corrected chi connectivity index (χ4v) is 4.04. The maximum atomic E-state index is 11.9. The molecule has 0 amide bonds. The van der Waals surface area contributed by atoms with Gasteiger partial charge in [0.25, 0.3) is 0 Å². The minimum absolute atomic E-state index is 0.0695. The maximum Gasteiger partial charge on any atom is 0.214 e. The average molecular weight is 284 g/mol. The van der Waals surface area contributed by atoms with Crippen LogP contribution in [0.1, 0.15) is 6.42 Å². The van der Waals surface area contributed by atoms with Gasteiger partial charge in [-0.05, 0) is 13.5 Å². The summed E-state index contributed by atoms with van der Waals surface area (Å²) in [5.41, 5.74) is 0. The summed E-state index contributed by atoms with van der Waals surface area (Å²) in [6.07, 6.45) is 1.29. The highest BCUT2D eigenvalue weighted by molar-refractivity contribution is 7.91. The Hall–Kier alpha value is -0.180. The van der Waals surface area contributed by atoms with Crippen LogP contribution in [0.15, 0.2) is 0 Å². The van der Waals surface area contributed by atoms with Gasteiger partial charge in [-0.2, -0.15) is 4.31 Å². The second-order valence-corrected chi connectivity index (χ2v) is 8.85. The zero-order valence-electron chi connectivity index (χ0n) is 10.3. The van der Waals surface area contributed by atoms with Gasteiger partial charge < -0.3 is 4.90 Å². The highest BCUT2D eigenvalue weighted by Gasteiger charge is 2.25. The molecule has 1 saturated heterocycles. The molecule has 0 aromatic rings. The maximum absolute atomic E-state index is 11.9. The van der Waals surface area contributed by atoms with Gasteiger partial charge in [-0.15, -0.1) is 0 Å². The minimum Gasteiger partial charge on any atom is -0.304 e. The molecule has 1 heterocycles. The fourth-order valence-electron chi connectivity index (χ4n) is 1.70. The van der Waals surface area contributed by atoms with E-state index in [-0.39, 0.29) is 17.9 Å². The van der Waals surface area contributed by atoms with Crippen molar-refractivity contribution in [1.82, 2.24) is 9.21 Å². The first-order chi connectivity index (χ1) is 7.71. The Morgan fingerprint density at radius 2 is 1.47 bits per heavy atom. The van der Waals surface area contributed by atoms with E-state index in [0.29, 0.717) is 13.1 Å². The van der Waals surface area contributed by atoms with Crippen molar-refractivity contribution in [2.24, 2.45) is 0 Å².